The maximum atomic E-state index is 13.1. The molecule has 0 atom stereocenters. The maximum Gasteiger partial charge on any atom is 0.309 e. The molecule has 2 rings (SSSR count). The predicted molar refractivity (Wildman–Crippen MR) is 71.0 cm³/mol. The Kier molecular flexibility index (Phi) is 4.02. The number of carboxylic acid groups (broad SMARTS) is 1. The minimum absolute atomic E-state index is 0.0856. The van der Waals surface area contributed by atoms with Gasteiger partial charge >= 0.3 is 5.97 Å². The number of carbonyl (C=O) groups is 1. The van der Waals surface area contributed by atoms with Gasteiger partial charge in [0, 0.05) is 21.2 Å². The number of hydrogen-bond acceptors (Lipinski definition) is 2. The molecule has 1 heterocycles. The number of aliphatic carboxylic acids is 1. The van der Waals surface area contributed by atoms with E-state index in [2.05, 4.69) is 4.98 Å². The van der Waals surface area contributed by atoms with Gasteiger partial charge in [-0.25, -0.2) is 4.98 Å². The van der Waals surface area contributed by atoms with Crippen molar-refractivity contribution in [1.29, 1.82) is 0 Å². The van der Waals surface area contributed by atoms with Gasteiger partial charge in [-0.3, -0.25) is 4.79 Å². The third-order valence-electron chi connectivity index (χ3n) is 2.49. The molecule has 19 heavy (non-hydrogen) atoms. The Morgan fingerprint density at radius 2 is 1.84 bits per heavy atom. The number of aromatic nitrogens is 1. The van der Waals surface area contributed by atoms with Gasteiger partial charge in [0.05, 0.1) is 12.1 Å². The summed E-state index contributed by atoms with van der Waals surface area (Å²) in [6, 6.07) is 7.48. The van der Waals surface area contributed by atoms with Gasteiger partial charge in [0.25, 0.3) is 0 Å². The fourth-order valence-corrected chi connectivity index (χ4v) is 2.34. The van der Waals surface area contributed by atoms with Gasteiger partial charge in [0.15, 0.2) is 0 Å². The molecule has 6 heteroatoms. The van der Waals surface area contributed by atoms with Gasteiger partial charge in [-0.2, -0.15) is 4.39 Å². The molecule has 0 bridgehead atoms. The van der Waals surface area contributed by atoms with Crippen molar-refractivity contribution in [3.05, 3.63) is 52.0 Å². The molecule has 0 amide bonds. The molecule has 0 aliphatic rings. The Balaban J connectivity index is 2.64. The second-order valence-electron chi connectivity index (χ2n) is 3.80. The second-order valence-corrected chi connectivity index (χ2v) is 4.61. The molecule has 0 unspecified atom stereocenters. The Morgan fingerprint density at radius 1 is 1.21 bits per heavy atom. The van der Waals surface area contributed by atoms with Gasteiger partial charge in [-0.1, -0.05) is 29.3 Å². The van der Waals surface area contributed by atoms with Crippen LogP contribution in [0.4, 0.5) is 4.39 Å². The number of carboxylic acids is 1. The van der Waals surface area contributed by atoms with Gasteiger partial charge in [-0.05, 0) is 24.3 Å². The van der Waals surface area contributed by atoms with Crippen LogP contribution in [-0.2, 0) is 11.2 Å². The molecular formula is C13H8Cl2FNO2. The summed E-state index contributed by atoms with van der Waals surface area (Å²) in [6.07, 6.45) is -0.408. The van der Waals surface area contributed by atoms with Crippen molar-refractivity contribution in [2.75, 3.05) is 0 Å². The SMILES string of the molecule is O=C(O)Cc1nc(F)ccc1-c1c(Cl)cccc1Cl. The van der Waals surface area contributed by atoms with Gasteiger partial charge in [0.2, 0.25) is 5.95 Å². The molecule has 3 nitrogen and oxygen atoms in total. The van der Waals surface area contributed by atoms with E-state index < -0.39 is 18.3 Å². The van der Waals surface area contributed by atoms with E-state index >= 15 is 0 Å². The molecule has 1 N–H and O–H groups in total. The summed E-state index contributed by atoms with van der Waals surface area (Å²) in [5, 5.41) is 9.55. The van der Waals surface area contributed by atoms with Crippen molar-refractivity contribution in [2.45, 2.75) is 6.42 Å². The lowest BCUT2D eigenvalue weighted by atomic mass is 10.0. The van der Waals surface area contributed by atoms with E-state index in [0.29, 0.717) is 21.2 Å². The van der Waals surface area contributed by atoms with E-state index in [9.17, 15) is 9.18 Å². The fraction of sp³-hybridized carbons (Fsp3) is 0.0769. The molecule has 0 spiro atoms. The first-order chi connectivity index (χ1) is 8.99. The number of nitrogens with zero attached hydrogens (tertiary/aromatic N) is 1. The van der Waals surface area contributed by atoms with E-state index in [1.807, 2.05) is 0 Å². The third-order valence-corrected chi connectivity index (χ3v) is 3.12. The Morgan fingerprint density at radius 3 is 2.42 bits per heavy atom. The molecule has 98 valence electrons. The van der Waals surface area contributed by atoms with E-state index in [1.165, 1.54) is 6.07 Å². The summed E-state index contributed by atoms with van der Waals surface area (Å²) in [5.41, 5.74) is 0.955. The molecule has 0 aliphatic heterocycles. The van der Waals surface area contributed by atoms with Crippen LogP contribution >= 0.6 is 23.2 Å². The summed E-state index contributed by atoms with van der Waals surface area (Å²) in [4.78, 5) is 14.4. The van der Waals surface area contributed by atoms with Crippen LogP contribution in [0.1, 0.15) is 5.69 Å². The van der Waals surface area contributed by atoms with Crippen LogP contribution in [0.3, 0.4) is 0 Å². The molecule has 2 aromatic rings. The topological polar surface area (TPSA) is 50.2 Å². The third kappa shape index (κ3) is 3.03. The van der Waals surface area contributed by atoms with Crippen LogP contribution in [0.15, 0.2) is 30.3 Å². The van der Waals surface area contributed by atoms with Crippen molar-refractivity contribution < 1.29 is 14.3 Å². The zero-order valence-electron chi connectivity index (χ0n) is 9.53. The van der Waals surface area contributed by atoms with E-state index in [4.69, 9.17) is 28.3 Å². The van der Waals surface area contributed by atoms with Crippen molar-refractivity contribution in [2.24, 2.45) is 0 Å². The Labute approximate surface area is 118 Å². The lowest BCUT2D eigenvalue weighted by Gasteiger charge is -2.10. The fourth-order valence-electron chi connectivity index (χ4n) is 1.74. The predicted octanol–water partition coefficient (Wildman–Crippen LogP) is 3.82. The highest BCUT2D eigenvalue weighted by molar-refractivity contribution is 6.39. The first-order valence-corrected chi connectivity index (χ1v) is 6.06. The van der Waals surface area contributed by atoms with E-state index in [1.54, 1.807) is 18.2 Å². The molecule has 1 aromatic heterocycles. The van der Waals surface area contributed by atoms with Crippen LogP contribution in [0, 0.1) is 5.95 Å². The average molecular weight is 300 g/mol. The standard InChI is InChI=1S/C13H8Cl2FNO2/c14-8-2-1-3-9(15)13(8)7-4-5-11(16)17-10(7)6-12(18)19/h1-5H,6H2,(H,18,19). The van der Waals surface area contributed by atoms with E-state index in [-0.39, 0.29) is 5.69 Å². The van der Waals surface area contributed by atoms with Crippen LogP contribution in [0.25, 0.3) is 11.1 Å². The molecule has 0 saturated carbocycles. The minimum atomic E-state index is -1.11. The van der Waals surface area contributed by atoms with Crippen LogP contribution in [0.2, 0.25) is 10.0 Å². The molecule has 0 saturated heterocycles. The number of pyridine rings is 1. The minimum Gasteiger partial charge on any atom is -0.481 e. The quantitative estimate of drug-likeness (QED) is 0.877. The zero-order valence-corrected chi connectivity index (χ0v) is 11.0. The number of halogens is 3. The van der Waals surface area contributed by atoms with Crippen molar-refractivity contribution in [3.8, 4) is 11.1 Å². The Hall–Kier alpha value is -1.65. The van der Waals surface area contributed by atoms with Crippen LogP contribution in [-0.4, -0.2) is 16.1 Å². The van der Waals surface area contributed by atoms with Crippen molar-refractivity contribution in [3.63, 3.8) is 0 Å². The second kappa shape index (κ2) is 5.55. The summed E-state index contributed by atoms with van der Waals surface area (Å²) in [7, 11) is 0. The van der Waals surface area contributed by atoms with Crippen molar-refractivity contribution >= 4 is 29.2 Å². The first-order valence-electron chi connectivity index (χ1n) is 5.30. The smallest absolute Gasteiger partial charge is 0.309 e. The molecule has 0 aliphatic carbocycles. The van der Waals surface area contributed by atoms with Crippen LogP contribution < -0.4 is 0 Å². The zero-order chi connectivity index (χ0) is 14.0. The molecule has 0 fully saturated rings. The van der Waals surface area contributed by atoms with Crippen molar-refractivity contribution in [1.82, 2.24) is 4.98 Å². The van der Waals surface area contributed by atoms with Gasteiger partial charge < -0.3 is 5.11 Å². The summed E-state index contributed by atoms with van der Waals surface area (Å²) >= 11 is 12.1. The average Bonchev–Trinajstić information content (AvgIpc) is 2.30. The summed E-state index contributed by atoms with van der Waals surface area (Å²) in [5.74, 6) is -1.86. The van der Waals surface area contributed by atoms with E-state index in [0.717, 1.165) is 6.07 Å². The molecular weight excluding hydrogens is 292 g/mol. The number of rotatable bonds is 3. The van der Waals surface area contributed by atoms with Gasteiger partial charge in [0.1, 0.15) is 0 Å². The van der Waals surface area contributed by atoms with Crippen LogP contribution in [0.5, 0.6) is 0 Å². The molecule has 1 aromatic carbocycles. The normalized spacial score (nSPS) is 10.5. The number of hydrogen-bond donors (Lipinski definition) is 1. The number of benzene rings is 1. The monoisotopic (exact) mass is 299 g/mol. The maximum absolute atomic E-state index is 13.1. The summed E-state index contributed by atoms with van der Waals surface area (Å²) < 4.78 is 13.1. The summed E-state index contributed by atoms with van der Waals surface area (Å²) in [6.45, 7) is 0. The molecule has 0 radical (unpaired) electrons. The largest absolute Gasteiger partial charge is 0.481 e. The Bertz CT molecular complexity index is 626. The highest BCUT2D eigenvalue weighted by Gasteiger charge is 2.16. The lowest BCUT2D eigenvalue weighted by Crippen LogP contribution is -2.05. The van der Waals surface area contributed by atoms with Gasteiger partial charge in [-0.15, -0.1) is 0 Å². The highest BCUT2D eigenvalue weighted by Crippen LogP contribution is 2.36. The first kappa shape index (κ1) is 13.8. The highest BCUT2D eigenvalue weighted by atomic mass is 35.5. The lowest BCUT2D eigenvalue weighted by molar-refractivity contribution is -0.136.